The number of hydrogen-bond acceptors (Lipinski definition) is 6. The number of nitrogen functional groups attached to an aromatic ring is 1. The number of hydrogen-bond donors (Lipinski definition) is 2. The topological polar surface area (TPSA) is 104 Å². The second kappa shape index (κ2) is 13.0. The minimum atomic E-state index is -1.43. The SMILES string of the molecule is CC(Cl)CN=CCC(=NCCOCN)c1c(N)nc(C2(F)CCCC2)n1CC1CCC(C)CC1. The van der Waals surface area contributed by atoms with Crippen LogP contribution in [0.2, 0.25) is 0 Å². The van der Waals surface area contributed by atoms with Crippen molar-refractivity contribution in [2.24, 2.45) is 27.6 Å². The van der Waals surface area contributed by atoms with Gasteiger partial charge in [-0.1, -0.05) is 19.8 Å². The molecule has 9 heteroatoms. The maximum atomic E-state index is 16.1. The summed E-state index contributed by atoms with van der Waals surface area (Å²) in [7, 11) is 0. The fourth-order valence-corrected chi connectivity index (χ4v) is 5.24. The molecule has 0 saturated heterocycles. The lowest BCUT2D eigenvalue weighted by Crippen LogP contribution is -2.27. The molecular weight excluding hydrogens is 455 g/mol. The van der Waals surface area contributed by atoms with Crippen molar-refractivity contribution < 1.29 is 9.13 Å². The first-order valence-corrected chi connectivity index (χ1v) is 13.3. The maximum absolute atomic E-state index is 16.1. The number of halogens is 2. The van der Waals surface area contributed by atoms with E-state index < -0.39 is 5.67 Å². The molecular formula is C25H42ClFN6O. The van der Waals surface area contributed by atoms with Gasteiger partial charge >= 0.3 is 0 Å². The number of imidazole rings is 1. The van der Waals surface area contributed by atoms with Crippen LogP contribution in [0.25, 0.3) is 0 Å². The third-order valence-corrected chi connectivity index (χ3v) is 7.21. The molecule has 2 aliphatic carbocycles. The highest BCUT2D eigenvalue weighted by molar-refractivity contribution is 6.20. The van der Waals surface area contributed by atoms with E-state index in [4.69, 9.17) is 32.8 Å². The summed E-state index contributed by atoms with van der Waals surface area (Å²) in [5.41, 5.74) is 12.0. The van der Waals surface area contributed by atoms with Crippen LogP contribution in [0, 0.1) is 11.8 Å². The Labute approximate surface area is 208 Å². The first-order valence-electron chi connectivity index (χ1n) is 12.8. The Bertz CT molecular complexity index is 826. The highest BCUT2D eigenvalue weighted by Crippen LogP contribution is 2.43. The van der Waals surface area contributed by atoms with Crippen LogP contribution in [0.4, 0.5) is 10.2 Å². The molecule has 1 aromatic rings. The van der Waals surface area contributed by atoms with Crippen LogP contribution in [-0.4, -0.2) is 53.3 Å². The summed E-state index contributed by atoms with van der Waals surface area (Å²) in [6.45, 7) is 6.46. The Morgan fingerprint density at radius 1 is 1.32 bits per heavy atom. The Hall–Kier alpha value is -1.51. The van der Waals surface area contributed by atoms with Gasteiger partial charge in [0.1, 0.15) is 11.5 Å². The lowest BCUT2D eigenvalue weighted by Gasteiger charge is -2.29. The number of aromatic nitrogens is 2. The monoisotopic (exact) mass is 496 g/mol. The van der Waals surface area contributed by atoms with E-state index in [9.17, 15) is 0 Å². The molecule has 4 N–H and O–H groups in total. The minimum Gasteiger partial charge on any atom is -0.382 e. The quantitative estimate of drug-likeness (QED) is 0.187. The predicted octanol–water partition coefficient (Wildman–Crippen LogP) is 4.84. The van der Waals surface area contributed by atoms with Crippen molar-refractivity contribution in [2.45, 2.75) is 89.2 Å². The van der Waals surface area contributed by atoms with Gasteiger partial charge in [0.2, 0.25) is 0 Å². The number of rotatable bonds is 12. The minimum absolute atomic E-state index is 0.0424. The van der Waals surface area contributed by atoms with Crippen LogP contribution in [0.3, 0.4) is 0 Å². The van der Waals surface area contributed by atoms with Crippen molar-refractivity contribution in [1.29, 1.82) is 0 Å². The Balaban J connectivity index is 1.96. The van der Waals surface area contributed by atoms with Crippen LogP contribution >= 0.6 is 11.6 Å². The third kappa shape index (κ3) is 7.25. The van der Waals surface area contributed by atoms with Crippen molar-refractivity contribution in [1.82, 2.24) is 9.55 Å². The van der Waals surface area contributed by atoms with E-state index >= 15 is 4.39 Å². The summed E-state index contributed by atoms with van der Waals surface area (Å²) in [5.74, 6) is 2.07. The van der Waals surface area contributed by atoms with E-state index in [0.29, 0.717) is 56.5 Å². The summed E-state index contributed by atoms with van der Waals surface area (Å²) >= 11 is 6.04. The summed E-state index contributed by atoms with van der Waals surface area (Å²) in [4.78, 5) is 13.8. The van der Waals surface area contributed by atoms with E-state index in [2.05, 4.69) is 21.5 Å². The Kier molecular flexibility index (Phi) is 10.3. The van der Waals surface area contributed by atoms with Crippen LogP contribution in [-0.2, 0) is 17.0 Å². The highest BCUT2D eigenvalue weighted by atomic mass is 35.5. The van der Waals surface area contributed by atoms with Crippen molar-refractivity contribution in [3.05, 3.63) is 11.5 Å². The molecule has 2 saturated carbocycles. The summed E-state index contributed by atoms with van der Waals surface area (Å²) < 4.78 is 23.4. The van der Waals surface area contributed by atoms with Crippen molar-refractivity contribution in [3.63, 3.8) is 0 Å². The van der Waals surface area contributed by atoms with E-state index in [0.717, 1.165) is 49.6 Å². The maximum Gasteiger partial charge on any atom is 0.168 e. The molecule has 34 heavy (non-hydrogen) atoms. The zero-order valence-electron chi connectivity index (χ0n) is 20.8. The second-order valence-corrected chi connectivity index (χ2v) is 10.8. The average Bonchev–Trinajstić information content (AvgIpc) is 3.38. The first kappa shape index (κ1) is 27.1. The fourth-order valence-electron chi connectivity index (χ4n) is 5.16. The van der Waals surface area contributed by atoms with Gasteiger partial charge in [0.25, 0.3) is 0 Å². The summed E-state index contributed by atoms with van der Waals surface area (Å²) in [5, 5.41) is -0.0424. The van der Waals surface area contributed by atoms with Gasteiger partial charge in [-0.3, -0.25) is 9.98 Å². The molecule has 1 heterocycles. The molecule has 0 aromatic carbocycles. The molecule has 0 spiro atoms. The number of ether oxygens (including phenoxy) is 1. The van der Waals surface area contributed by atoms with Crippen molar-refractivity contribution in [2.75, 3.05) is 32.2 Å². The average molecular weight is 497 g/mol. The first-order chi connectivity index (χ1) is 16.3. The van der Waals surface area contributed by atoms with Crippen LogP contribution in [0.5, 0.6) is 0 Å². The Morgan fingerprint density at radius 3 is 2.68 bits per heavy atom. The molecule has 192 valence electrons. The van der Waals surface area contributed by atoms with Gasteiger partial charge in [-0.05, 0) is 57.3 Å². The molecule has 0 radical (unpaired) electrons. The zero-order valence-corrected chi connectivity index (χ0v) is 21.6. The molecule has 3 rings (SSSR count). The molecule has 0 bridgehead atoms. The van der Waals surface area contributed by atoms with Gasteiger partial charge in [-0.15, -0.1) is 11.6 Å². The molecule has 1 aromatic heterocycles. The zero-order chi connectivity index (χ0) is 24.6. The van der Waals surface area contributed by atoms with Crippen molar-refractivity contribution >= 4 is 29.3 Å². The predicted molar refractivity (Wildman–Crippen MR) is 139 cm³/mol. The van der Waals surface area contributed by atoms with Gasteiger partial charge in [0.15, 0.2) is 11.5 Å². The van der Waals surface area contributed by atoms with Crippen molar-refractivity contribution in [3.8, 4) is 0 Å². The summed E-state index contributed by atoms with van der Waals surface area (Å²) in [6, 6.07) is 0. The van der Waals surface area contributed by atoms with Gasteiger partial charge in [-0.2, -0.15) is 0 Å². The number of aliphatic imine (C=N–C) groups is 2. The standard InChI is InChI=1S/C25H42ClFN6O/c1-18-5-7-20(8-6-18)16-33-22(23(29)32-24(33)25(27)10-3-4-11-25)21(31-13-14-34-17-28)9-12-30-15-19(2)26/h12,18-20H,3-11,13-17,28-29H2,1-2H3. The van der Waals surface area contributed by atoms with Crippen LogP contribution in [0.15, 0.2) is 9.98 Å². The highest BCUT2D eigenvalue weighted by Gasteiger charge is 2.42. The lowest BCUT2D eigenvalue weighted by molar-refractivity contribution is 0.148. The number of alkyl halides is 2. The lowest BCUT2D eigenvalue weighted by atomic mass is 9.83. The molecule has 1 unspecified atom stereocenters. The van der Waals surface area contributed by atoms with Gasteiger partial charge in [0, 0.05) is 19.2 Å². The number of anilines is 1. The van der Waals surface area contributed by atoms with Crippen LogP contribution < -0.4 is 11.5 Å². The van der Waals surface area contributed by atoms with Gasteiger partial charge in [-0.25, -0.2) is 9.37 Å². The number of nitrogens with two attached hydrogens (primary N) is 2. The largest absolute Gasteiger partial charge is 0.382 e. The molecule has 0 aliphatic heterocycles. The number of nitrogens with zero attached hydrogens (tertiary/aromatic N) is 4. The fraction of sp³-hybridized carbons (Fsp3) is 0.800. The smallest absolute Gasteiger partial charge is 0.168 e. The van der Waals surface area contributed by atoms with Gasteiger partial charge in [0.05, 0.1) is 37.5 Å². The molecule has 1 atom stereocenters. The molecule has 2 fully saturated rings. The van der Waals surface area contributed by atoms with Gasteiger partial charge < -0.3 is 20.8 Å². The molecule has 2 aliphatic rings. The van der Waals surface area contributed by atoms with E-state index in [-0.39, 0.29) is 12.1 Å². The van der Waals surface area contributed by atoms with E-state index in [1.807, 2.05) is 13.1 Å². The van der Waals surface area contributed by atoms with Crippen LogP contribution in [0.1, 0.15) is 83.2 Å². The molecule has 0 amide bonds. The molecule has 7 nitrogen and oxygen atoms in total. The van der Waals surface area contributed by atoms with E-state index in [1.54, 1.807) is 0 Å². The second-order valence-electron chi connectivity index (χ2n) is 10.0. The normalized spacial score (nSPS) is 24.2. The Morgan fingerprint density at radius 2 is 2.03 bits per heavy atom. The third-order valence-electron chi connectivity index (χ3n) is 7.07. The van der Waals surface area contributed by atoms with E-state index in [1.165, 1.54) is 12.8 Å². The summed E-state index contributed by atoms with van der Waals surface area (Å²) in [6.07, 6.45) is 9.74.